The summed E-state index contributed by atoms with van der Waals surface area (Å²) >= 11 is 0. The van der Waals surface area contributed by atoms with Gasteiger partial charge < -0.3 is 5.73 Å². The summed E-state index contributed by atoms with van der Waals surface area (Å²) in [5, 5.41) is 0. The van der Waals surface area contributed by atoms with Gasteiger partial charge in [-0.3, -0.25) is 0 Å². The van der Waals surface area contributed by atoms with Gasteiger partial charge in [0, 0.05) is 6.04 Å². The number of hydrogen-bond acceptors (Lipinski definition) is 1. The van der Waals surface area contributed by atoms with Crippen LogP contribution in [0.4, 0.5) is 0 Å². The molecular weight excluding hydrogens is 194 g/mol. The summed E-state index contributed by atoms with van der Waals surface area (Å²) in [7, 11) is 0. The third-order valence-electron chi connectivity index (χ3n) is 4.00. The summed E-state index contributed by atoms with van der Waals surface area (Å²) in [5.74, 6) is 1.37. The second-order valence-electron chi connectivity index (χ2n) is 5.32. The number of rotatable bonds is 2. The van der Waals surface area contributed by atoms with E-state index in [0.717, 1.165) is 0 Å². The lowest BCUT2D eigenvalue weighted by Gasteiger charge is -2.34. The SMILES string of the molecule is Cc1ccc(C2CCCCC2C(C)N)cc1. The van der Waals surface area contributed by atoms with Crippen molar-refractivity contribution in [3.8, 4) is 0 Å². The molecule has 1 aliphatic rings. The van der Waals surface area contributed by atoms with E-state index in [1.165, 1.54) is 36.8 Å². The van der Waals surface area contributed by atoms with Crippen molar-refractivity contribution in [3.05, 3.63) is 35.4 Å². The van der Waals surface area contributed by atoms with Crippen molar-refractivity contribution in [1.82, 2.24) is 0 Å². The van der Waals surface area contributed by atoms with E-state index < -0.39 is 0 Å². The first kappa shape index (κ1) is 11.7. The van der Waals surface area contributed by atoms with Crippen molar-refractivity contribution in [1.29, 1.82) is 0 Å². The number of nitrogens with two attached hydrogens (primary N) is 1. The molecule has 16 heavy (non-hydrogen) atoms. The van der Waals surface area contributed by atoms with E-state index in [0.29, 0.717) is 17.9 Å². The van der Waals surface area contributed by atoms with E-state index in [2.05, 4.69) is 38.1 Å². The van der Waals surface area contributed by atoms with Crippen LogP contribution in [0, 0.1) is 12.8 Å². The van der Waals surface area contributed by atoms with Gasteiger partial charge in [0.15, 0.2) is 0 Å². The molecule has 0 bridgehead atoms. The molecule has 0 radical (unpaired) electrons. The molecule has 3 atom stereocenters. The average molecular weight is 217 g/mol. The van der Waals surface area contributed by atoms with Gasteiger partial charge >= 0.3 is 0 Å². The van der Waals surface area contributed by atoms with Crippen LogP contribution in [0.25, 0.3) is 0 Å². The van der Waals surface area contributed by atoms with Crippen LogP contribution in [0.3, 0.4) is 0 Å². The summed E-state index contributed by atoms with van der Waals surface area (Å²) in [4.78, 5) is 0. The fourth-order valence-corrected chi connectivity index (χ4v) is 3.02. The Hall–Kier alpha value is -0.820. The molecule has 1 fully saturated rings. The fraction of sp³-hybridized carbons (Fsp3) is 0.600. The summed E-state index contributed by atoms with van der Waals surface area (Å²) in [6.45, 7) is 4.31. The van der Waals surface area contributed by atoms with Crippen molar-refractivity contribution in [3.63, 3.8) is 0 Å². The van der Waals surface area contributed by atoms with Gasteiger partial charge in [-0.15, -0.1) is 0 Å². The molecule has 1 aliphatic carbocycles. The molecule has 1 nitrogen and oxygen atoms in total. The van der Waals surface area contributed by atoms with Crippen LogP contribution in [0.15, 0.2) is 24.3 Å². The Morgan fingerprint density at radius 2 is 1.75 bits per heavy atom. The summed E-state index contributed by atoms with van der Waals surface area (Å²) in [6, 6.07) is 9.36. The van der Waals surface area contributed by atoms with E-state index >= 15 is 0 Å². The molecule has 0 spiro atoms. The maximum atomic E-state index is 6.12. The normalized spacial score (nSPS) is 27.7. The molecule has 3 unspecified atom stereocenters. The van der Waals surface area contributed by atoms with Gasteiger partial charge in [-0.05, 0) is 44.1 Å². The lowest BCUT2D eigenvalue weighted by atomic mass is 9.72. The van der Waals surface area contributed by atoms with Gasteiger partial charge in [0.25, 0.3) is 0 Å². The molecule has 1 heteroatoms. The highest BCUT2D eigenvalue weighted by molar-refractivity contribution is 5.25. The van der Waals surface area contributed by atoms with Gasteiger partial charge in [-0.25, -0.2) is 0 Å². The zero-order chi connectivity index (χ0) is 11.5. The fourth-order valence-electron chi connectivity index (χ4n) is 3.02. The van der Waals surface area contributed by atoms with Crippen molar-refractivity contribution in [2.45, 2.75) is 51.5 Å². The molecule has 0 amide bonds. The van der Waals surface area contributed by atoms with Crippen molar-refractivity contribution >= 4 is 0 Å². The minimum Gasteiger partial charge on any atom is -0.328 e. The van der Waals surface area contributed by atoms with Gasteiger partial charge in [0.05, 0.1) is 0 Å². The minimum atomic E-state index is 0.326. The Morgan fingerprint density at radius 3 is 2.38 bits per heavy atom. The Kier molecular flexibility index (Phi) is 3.65. The first-order valence-corrected chi connectivity index (χ1v) is 6.50. The van der Waals surface area contributed by atoms with Crippen LogP contribution in [0.2, 0.25) is 0 Å². The Balaban J connectivity index is 2.19. The third kappa shape index (κ3) is 2.46. The molecule has 0 aromatic heterocycles. The predicted octanol–water partition coefficient (Wildman–Crippen LogP) is 3.62. The van der Waals surface area contributed by atoms with Crippen molar-refractivity contribution in [2.75, 3.05) is 0 Å². The van der Waals surface area contributed by atoms with Gasteiger partial charge in [0.2, 0.25) is 0 Å². The average Bonchev–Trinajstić information content (AvgIpc) is 2.30. The van der Waals surface area contributed by atoms with Crippen molar-refractivity contribution in [2.24, 2.45) is 11.7 Å². The molecular formula is C15H23N. The maximum Gasteiger partial charge on any atom is 0.00446 e. The van der Waals surface area contributed by atoms with E-state index in [4.69, 9.17) is 5.73 Å². The van der Waals surface area contributed by atoms with Crippen molar-refractivity contribution < 1.29 is 0 Å². The van der Waals surface area contributed by atoms with Gasteiger partial charge in [-0.1, -0.05) is 42.7 Å². The van der Waals surface area contributed by atoms with Crippen LogP contribution < -0.4 is 5.73 Å². The maximum absolute atomic E-state index is 6.12. The quantitative estimate of drug-likeness (QED) is 0.804. The van der Waals surface area contributed by atoms with Crippen LogP contribution in [-0.4, -0.2) is 6.04 Å². The Bertz CT molecular complexity index is 326. The number of hydrogen-bond donors (Lipinski definition) is 1. The zero-order valence-electron chi connectivity index (χ0n) is 10.4. The van der Waals surface area contributed by atoms with E-state index in [1.807, 2.05) is 0 Å². The highest BCUT2D eigenvalue weighted by Gasteiger charge is 2.28. The molecule has 2 N–H and O–H groups in total. The highest BCUT2D eigenvalue weighted by atomic mass is 14.6. The lowest BCUT2D eigenvalue weighted by Crippen LogP contribution is -2.33. The summed E-state index contributed by atoms with van der Waals surface area (Å²) in [5.41, 5.74) is 8.96. The largest absolute Gasteiger partial charge is 0.328 e. The monoisotopic (exact) mass is 217 g/mol. The molecule has 88 valence electrons. The second kappa shape index (κ2) is 5.01. The molecule has 0 aliphatic heterocycles. The lowest BCUT2D eigenvalue weighted by molar-refractivity contribution is 0.271. The third-order valence-corrected chi connectivity index (χ3v) is 4.00. The summed E-state index contributed by atoms with van der Waals surface area (Å²) in [6.07, 6.45) is 5.34. The van der Waals surface area contributed by atoms with Crippen LogP contribution in [-0.2, 0) is 0 Å². The van der Waals surface area contributed by atoms with Gasteiger partial charge in [0.1, 0.15) is 0 Å². The van der Waals surface area contributed by atoms with E-state index in [1.54, 1.807) is 0 Å². The second-order valence-corrected chi connectivity index (χ2v) is 5.32. The first-order chi connectivity index (χ1) is 7.68. The van der Waals surface area contributed by atoms with Gasteiger partial charge in [-0.2, -0.15) is 0 Å². The zero-order valence-corrected chi connectivity index (χ0v) is 10.4. The van der Waals surface area contributed by atoms with Crippen LogP contribution >= 0.6 is 0 Å². The van der Waals surface area contributed by atoms with E-state index in [9.17, 15) is 0 Å². The molecule has 0 heterocycles. The predicted molar refractivity (Wildman–Crippen MR) is 69.5 cm³/mol. The standard InChI is InChI=1S/C15H23N/c1-11-7-9-13(10-8-11)15-6-4-3-5-14(15)12(2)16/h7-10,12,14-15H,3-6,16H2,1-2H3. The molecule has 1 saturated carbocycles. The smallest absolute Gasteiger partial charge is 0.00446 e. The Morgan fingerprint density at radius 1 is 1.12 bits per heavy atom. The molecule has 0 saturated heterocycles. The Labute approximate surface area is 99.0 Å². The minimum absolute atomic E-state index is 0.326. The first-order valence-electron chi connectivity index (χ1n) is 6.50. The topological polar surface area (TPSA) is 26.0 Å². The summed E-state index contributed by atoms with van der Waals surface area (Å²) < 4.78 is 0. The van der Waals surface area contributed by atoms with Crippen LogP contribution in [0.5, 0.6) is 0 Å². The number of aryl methyl sites for hydroxylation is 1. The van der Waals surface area contributed by atoms with E-state index in [-0.39, 0.29) is 0 Å². The van der Waals surface area contributed by atoms with Crippen LogP contribution in [0.1, 0.15) is 49.7 Å². The number of benzene rings is 1. The highest BCUT2D eigenvalue weighted by Crippen LogP contribution is 2.39. The molecule has 2 rings (SSSR count). The molecule has 1 aromatic rings. The molecule has 1 aromatic carbocycles.